The lowest BCUT2D eigenvalue weighted by molar-refractivity contribution is -0.119. The van der Waals surface area contributed by atoms with E-state index in [2.05, 4.69) is 31.5 Å². The van der Waals surface area contributed by atoms with E-state index in [9.17, 15) is 4.79 Å². The van der Waals surface area contributed by atoms with E-state index in [1.165, 1.54) is 12.8 Å². The van der Waals surface area contributed by atoms with Crippen molar-refractivity contribution in [3.63, 3.8) is 0 Å². The molecule has 0 radical (unpaired) electrons. The van der Waals surface area contributed by atoms with E-state index in [4.69, 9.17) is 0 Å². The van der Waals surface area contributed by atoms with Crippen LogP contribution in [0.1, 0.15) is 37.6 Å². The first-order chi connectivity index (χ1) is 12.1. The van der Waals surface area contributed by atoms with Gasteiger partial charge >= 0.3 is 0 Å². The first-order valence-corrected chi connectivity index (χ1v) is 9.08. The number of fused-ring (bicyclic) bond motifs is 1. The number of anilines is 1. The smallest absolute Gasteiger partial charge is 0.228 e. The molecule has 0 aliphatic carbocycles. The first kappa shape index (κ1) is 17.6. The summed E-state index contributed by atoms with van der Waals surface area (Å²) in [6.45, 7) is 5.55. The Bertz CT molecular complexity index is 752. The van der Waals surface area contributed by atoms with E-state index in [0.29, 0.717) is 6.54 Å². The van der Waals surface area contributed by atoms with Crippen molar-refractivity contribution in [1.82, 2.24) is 20.1 Å². The van der Waals surface area contributed by atoms with Crippen LogP contribution in [-0.4, -0.2) is 34.3 Å². The molecule has 0 saturated carbocycles. The number of hydrogen-bond donors (Lipinski definition) is 2. The lowest BCUT2D eigenvalue weighted by Gasteiger charge is -2.15. The van der Waals surface area contributed by atoms with E-state index < -0.39 is 0 Å². The molecule has 2 heterocycles. The zero-order chi connectivity index (χ0) is 17.8. The molecule has 1 aromatic carbocycles. The van der Waals surface area contributed by atoms with Crippen LogP contribution in [0.15, 0.2) is 18.2 Å². The number of carbonyl (C=O) groups is 1. The zero-order valence-corrected chi connectivity index (χ0v) is 15.3. The highest BCUT2D eigenvalue weighted by atomic mass is 16.1. The quantitative estimate of drug-likeness (QED) is 0.877. The molecule has 1 atom stereocenters. The Balaban J connectivity index is 1.87. The molecule has 6 heteroatoms. The molecule has 25 heavy (non-hydrogen) atoms. The summed E-state index contributed by atoms with van der Waals surface area (Å²) in [5.41, 5.74) is 2.89. The number of benzene rings is 1. The normalized spacial score (nSPS) is 15.3. The van der Waals surface area contributed by atoms with Gasteiger partial charge in [0.25, 0.3) is 0 Å². The molecule has 0 saturated heterocycles. The van der Waals surface area contributed by atoms with Gasteiger partial charge in [-0.3, -0.25) is 4.79 Å². The highest BCUT2D eigenvalue weighted by Crippen LogP contribution is 2.27. The maximum absolute atomic E-state index is 12.3. The average Bonchev–Trinajstić information content (AvgIpc) is 2.85. The Morgan fingerprint density at radius 1 is 1.28 bits per heavy atom. The van der Waals surface area contributed by atoms with Crippen molar-refractivity contribution in [2.45, 2.75) is 46.1 Å². The molecule has 134 valence electrons. The molecule has 1 aliphatic heterocycles. The van der Waals surface area contributed by atoms with Crippen LogP contribution >= 0.6 is 0 Å². The molecule has 3 rings (SSSR count). The number of hydrogen-bond acceptors (Lipinski definition) is 4. The summed E-state index contributed by atoms with van der Waals surface area (Å²) in [6.07, 6.45) is 4.57. The molecule has 2 N–H and O–H groups in total. The van der Waals surface area contributed by atoms with Gasteiger partial charge in [0.05, 0.1) is 0 Å². The molecule has 1 aliphatic rings. The van der Waals surface area contributed by atoms with Crippen LogP contribution in [-0.2, 0) is 17.8 Å². The standard InChI is InChI=1S/C19H27N5O/c1-13-8-9-15(11-16(13)21-19(25)14(2)12-20-3)18-23-22-17-7-5-4-6-10-24(17)18/h8-9,11,14,20H,4-7,10,12H2,1-3H3,(H,21,25). The molecule has 1 unspecified atom stereocenters. The van der Waals surface area contributed by atoms with Crippen LogP contribution in [0.2, 0.25) is 0 Å². The summed E-state index contributed by atoms with van der Waals surface area (Å²) >= 11 is 0. The van der Waals surface area contributed by atoms with Crippen molar-refractivity contribution in [2.75, 3.05) is 18.9 Å². The minimum Gasteiger partial charge on any atom is -0.326 e. The van der Waals surface area contributed by atoms with Crippen molar-refractivity contribution in [3.05, 3.63) is 29.6 Å². The minimum absolute atomic E-state index is 0.0228. The van der Waals surface area contributed by atoms with Crippen molar-refractivity contribution in [3.8, 4) is 11.4 Å². The number of rotatable bonds is 5. The van der Waals surface area contributed by atoms with E-state index in [-0.39, 0.29) is 11.8 Å². The highest BCUT2D eigenvalue weighted by Gasteiger charge is 2.18. The Kier molecular flexibility index (Phi) is 5.48. The van der Waals surface area contributed by atoms with Gasteiger partial charge in [0.2, 0.25) is 5.91 Å². The van der Waals surface area contributed by atoms with Gasteiger partial charge in [0, 0.05) is 36.7 Å². The lowest BCUT2D eigenvalue weighted by Crippen LogP contribution is -2.28. The highest BCUT2D eigenvalue weighted by molar-refractivity contribution is 5.93. The molecular formula is C19H27N5O. The molecular weight excluding hydrogens is 314 g/mol. The van der Waals surface area contributed by atoms with E-state index >= 15 is 0 Å². The van der Waals surface area contributed by atoms with Crippen molar-refractivity contribution in [2.24, 2.45) is 5.92 Å². The predicted molar refractivity (Wildman–Crippen MR) is 99.5 cm³/mol. The van der Waals surface area contributed by atoms with Gasteiger partial charge < -0.3 is 15.2 Å². The maximum atomic E-state index is 12.3. The number of nitrogens with one attached hydrogen (secondary N) is 2. The van der Waals surface area contributed by atoms with Gasteiger partial charge in [-0.2, -0.15) is 0 Å². The monoisotopic (exact) mass is 341 g/mol. The summed E-state index contributed by atoms with van der Waals surface area (Å²) in [5, 5.41) is 14.9. The Morgan fingerprint density at radius 2 is 2.12 bits per heavy atom. The third-order valence-electron chi connectivity index (χ3n) is 4.82. The fraction of sp³-hybridized carbons (Fsp3) is 0.526. The summed E-state index contributed by atoms with van der Waals surface area (Å²) < 4.78 is 2.23. The number of nitrogens with zero attached hydrogens (tertiary/aromatic N) is 3. The van der Waals surface area contributed by atoms with Crippen LogP contribution in [0.4, 0.5) is 5.69 Å². The lowest BCUT2D eigenvalue weighted by atomic mass is 10.1. The van der Waals surface area contributed by atoms with Gasteiger partial charge in [-0.25, -0.2) is 0 Å². The molecule has 1 aromatic heterocycles. The molecule has 0 spiro atoms. The van der Waals surface area contributed by atoms with Crippen LogP contribution in [0.25, 0.3) is 11.4 Å². The minimum atomic E-state index is -0.0857. The summed E-state index contributed by atoms with van der Waals surface area (Å²) in [7, 11) is 1.85. The van der Waals surface area contributed by atoms with Crippen LogP contribution in [0.3, 0.4) is 0 Å². The molecule has 0 bridgehead atoms. The molecule has 0 fully saturated rings. The Labute approximate surface area is 149 Å². The van der Waals surface area contributed by atoms with Gasteiger partial charge in [0.1, 0.15) is 5.82 Å². The van der Waals surface area contributed by atoms with Crippen LogP contribution < -0.4 is 10.6 Å². The molecule has 2 aromatic rings. The van der Waals surface area contributed by atoms with Gasteiger partial charge in [-0.15, -0.1) is 10.2 Å². The second-order valence-corrected chi connectivity index (χ2v) is 6.88. The zero-order valence-electron chi connectivity index (χ0n) is 15.3. The second-order valence-electron chi connectivity index (χ2n) is 6.88. The van der Waals surface area contributed by atoms with Crippen molar-refractivity contribution >= 4 is 11.6 Å². The summed E-state index contributed by atoms with van der Waals surface area (Å²) in [5.74, 6) is 1.91. The van der Waals surface area contributed by atoms with Gasteiger partial charge in [-0.1, -0.05) is 25.5 Å². The third kappa shape index (κ3) is 3.90. The SMILES string of the molecule is CNCC(C)C(=O)Nc1cc(-c2nnc3n2CCCCC3)ccc1C. The molecule has 1 amide bonds. The van der Waals surface area contributed by atoms with E-state index in [1.54, 1.807) is 0 Å². The van der Waals surface area contributed by atoms with E-state index in [0.717, 1.165) is 47.8 Å². The number of aromatic nitrogens is 3. The van der Waals surface area contributed by atoms with Gasteiger partial charge in [0.15, 0.2) is 5.82 Å². The fourth-order valence-electron chi connectivity index (χ4n) is 3.25. The average molecular weight is 341 g/mol. The van der Waals surface area contributed by atoms with E-state index in [1.807, 2.05) is 33.0 Å². The Morgan fingerprint density at radius 3 is 2.92 bits per heavy atom. The summed E-state index contributed by atoms with van der Waals surface area (Å²) in [6, 6.07) is 6.11. The number of aryl methyl sites for hydroxylation is 2. The summed E-state index contributed by atoms with van der Waals surface area (Å²) in [4.78, 5) is 12.3. The van der Waals surface area contributed by atoms with Crippen LogP contribution in [0.5, 0.6) is 0 Å². The van der Waals surface area contributed by atoms with Crippen molar-refractivity contribution in [1.29, 1.82) is 0 Å². The largest absolute Gasteiger partial charge is 0.326 e. The van der Waals surface area contributed by atoms with Gasteiger partial charge in [-0.05, 0) is 38.4 Å². The molecule has 6 nitrogen and oxygen atoms in total. The fourth-order valence-corrected chi connectivity index (χ4v) is 3.25. The van der Waals surface area contributed by atoms with Crippen LogP contribution in [0, 0.1) is 12.8 Å². The van der Waals surface area contributed by atoms with Crippen molar-refractivity contribution < 1.29 is 4.79 Å². The second kappa shape index (κ2) is 7.78. The topological polar surface area (TPSA) is 71.8 Å². The number of amides is 1. The Hall–Kier alpha value is -2.21. The first-order valence-electron chi connectivity index (χ1n) is 9.08. The number of carbonyl (C=O) groups excluding carboxylic acids is 1. The third-order valence-corrected chi connectivity index (χ3v) is 4.82. The predicted octanol–water partition coefficient (Wildman–Crippen LogP) is 2.77. The maximum Gasteiger partial charge on any atom is 0.228 e.